The van der Waals surface area contributed by atoms with Crippen molar-refractivity contribution in [1.82, 2.24) is 9.88 Å². The summed E-state index contributed by atoms with van der Waals surface area (Å²) in [6.45, 7) is 7.86. The van der Waals surface area contributed by atoms with Crippen LogP contribution in [0.5, 0.6) is 0 Å². The van der Waals surface area contributed by atoms with E-state index < -0.39 is 16.9 Å². The number of amides is 2. The lowest BCUT2D eigenvalue weighted by Crippen LogP contribution is -2.32. The molecule has 1 heterocycles. The molecule has 2 amide bonds. The van der Waals surface area contributed by atoms with Crippen LogP contribution in [0.1, 0.15) is 42.3 Å². The Morgan fingerprint density at radius 2 is 1.58 bits per heavy atom. The van der Waals surface area contributed by atoms with E-state index in [0.717, 1.165) is 11.1 Å². The molecule has 6 heteroatoms. The molecule has 3 aromatic rings. The van der Waals surface area contributed by atoms with Gasteiger partial charge in [-0.1, -0.05) is 50.6 Å². The molecule has 2 N–H and O–H groups in total. The van der Waals surface area contributed by atoms with Gasteiger partial charge in [0.15, 0.2) is 0 Å². The molecule has 0 radical (unpaired) electrons. The van der Waals surface area contributed by atoms with Crippen molar-refractivity contribution in [3.63, 3.8) is 0 Å². The minimum absolute atomic E-state index is 0.0692. The van der Waals surface area contributed by atoms with E-state index >= 15 is 0 Å². The molecule has 1 aromatic heterocycles. The number of hydrogen-bond acceptors (Lipinski definition) is 3. The first-order chi connectivity index (χ1) is 14.6. The zero-order chi connectivity index (χ0) is 22.6. The number of benzene rings is 2. The molecule has 6 nitrogen and oxygen atoms in total. The summed E-state index contributed by atoms with van der Waals surface area (Å²) >= 11 is 0. The molecule has 2 aromatic carbocycles. The van der Waals surface area contributed by atoms with Gasteiger partial charge in [-0.3, -0.25) is 19.0 Å². The van der Waals surface area contributed by atoms with Gasteiger partial charge < -0.3 is 10.6 Å². The lowest BCUT2D eigenvalue weighted by molar-refractivity contribution is -0.123. The Labute approximate surface area is 181 Å². The predicted molar refractivity (Wildman–Crippen MR) is 122 cm³/mol. The van der Waals surface area contributed by atoms with Gasteiger partial charge in [-0.25, -0.2) is 0 Å². The highest BCUT2D eigenvalue weighted by Gasteiger charge is 2.21. The fourth-order valence-corrected chi connectivity index (χ4v) is 2.88. The number of hydrogen-bond donors (Lipinski definition) is 2. The minimum atomic E-state index is -0.504. The van der Waals surface area contributed by atoms with Crippen LogP contribution in [0.3, 0.4) is 0 Å². The van der Waals surface area contributed by atoms with E-state index in [-0.39, 0.29) is 11.5 Å². The van der Waals surface area contributed by atoms with Crippen LogP contribution >= 0.6 is 0 Å². The molecule has 0 bridgehead atoms. The van der Waals surface area contributed by atoms with Crippen LogP contribution in [-0.4, -0.2) is 16.4 Å². The highest BCUT2D eigenvalue weighted by atomic mass is 16.2. The second kappa shape index (κ2) is 9.00. The Hall–Kier alpha value is -3.67. The summed E-state index contributed by atoms with van der Waals surface area (Å²) in [5, 5.41) is 5.65. The number of nitrogens with zero attached hydrogens (tertiary/aromatic N) is 1. The lowest BCUT2D eigenvalue weighted by atomic mass is 9.95. The van der Waals surface area contributed by atoms with Gasteiger partial charge in [-0.15, -0.1) is 0 Å². The van der Waals surface area contributed by atoms with Gasteiger partial charge in [-0.2, -0.15) is 0 Å². The van der Waals surface area contributed by atoms with Crippen molar-refractivity contribution >= 4 is 17.5 Å². The number of rotatable bonds is 5. The number of aromatic nitrogens is 1. The molecule has 31 heavy (non-hydrogen) atoms. The molecule has 0 unspecified atom stereocenters. The van der Waals surface area contributed by atoms with Gasteiger partial charge in [0.1, 0.15) is 5.56 Å². The standard InChI is InChI=1S/C25H27N3O3/c1-17-7-9-18(10-8-17)16-26-22(29)21-6-5-15-28(23(21)30)20-13-11-19(12-14-20)27-24(31)25(2,3)4/h5-15H,16H2,1-4H3,(H,26,29)(H,27,31). The molecule has 0 aliphatic carbocycles. The van der Waals surface area contributed by atoms with Crippen LogP contribution in [-0.2, 0) is 11.3 Å². The molecule has 0 aliphatic rings. The summed E-state index contributed by atoms with van der Waals surface area (Å²) < 4.78 is 1.41. The molecular weight excluding hydrogens is 390 g/mol. The molecule has 0 aliphatic heterocycles. The molecule has 0 atom stereocenters. The van der Waals surface area contributed by atoms with Crippen molar-refractivity contribution in [3.8, 4) is 5.69 Å². The van der Waals surface area contributed by atoms with E-state index in [9.17, 15) is 14.4 Å². The van der Waals surface area contributed by atoms with Crippen molar-refractivity contribution in [2.24, 2.45) is 5.41 Å². The van der Waals surface area contributed by atoms with Gasteiger partial charge in [-0.05, 0) is 48.9 Å². The van der Waals surface area contributed by atoms with Gasteiger partial charge in [0.25, 0.3) is 11.5 Å². The number of nitrogens with one attached hydrogen (secondary N) is 2. The van der Waals surface area contributed by atoms with Crippen LogP contribution in [0.15, 0.2) is 71.7 Å². The molecule has 160 valence electrons. The first kappa shape index (κ1) is 22.0. The SMILES string of the molecule is Cc1ccc(CNC(=O)c2cccn(-c3ccc(NC(=O)C(C)(C)C)cc3)c2=O)cc1. The van der Waals surface area contributed by atoms with E-state index in [1.165, 1.54) is 10.6 Å². The fraction of sp³-hybridized carbons (Fsp3) is 0.240. The van der Waals surface area contributed by atoms with Gasteiger partial charge >= 0.3 is 0 Å². The summed E-state index contributed by atoms with van der Waals surface area (Å²) in [6, 6.07) is 17.9. The third-order valence-corrected chi connectivity index (χ3v) is 4.85. The highest BCUT2D eigenvalue weighted by Crippen LogP contribution is 2.18. The average Bonchev–Trinajstić information content (AvgIpc) is 2.73. The maximum atomic E-state index is 12.9. The van der Waals surface area contributed by atoms with Crippen molar-refractivity contribution in [3.05, 3.63) is 93.9 Å². The van der Waals surface area contributed by atoms with E-state index in [1.54, 1.807) is 36.5 Å². The number of carbonyl (C=O) groups excluding carboxylic acids is 2. The highest BCUT2D eigenvalue weighted by molar-refractivity contribution is 5.95. The summed E-state index contributed by atoms with van der Waals surface area (Å²) in [7, 11) is 0. The lowest BCUT2D eigenvalue weighted by Gasteiger charge is -2.18. The third-order valence-electron chi connectivity index (χ3n) is 4.85. The van der Waals surface area contributed by atoms with Crippen LogP contribution in [0, 0.1) is 12.3 Å². The number of pyridine rings is 1. The first-order valence-electron chi connectivity index (χ1n) is 10.1. The summed E-state index contributed by atoms with van der Waals surface area (Å²) in [6.07, 6.45) is 1.61. The summed E-state index contributed by atoms with van der Waals surface area (Å²) in [5.74, 6) is -0.515. The predicted octanol–water partition coefficient (Wildman–Crippen LogP) is 4.06. The molecule has 0 spiro atoms. The molecule has 0 fully saturated rings. The van der Waals surface area contributed by atoms with Crippen molar-refractivity contribution in [2.75, 3.05) is 5.32 Å². The maximum Gasteiger partial charge on any atom is 0.267 e. The molecule has 0 saturated carbocycles. The largest absolute Gasteiger partial charge is 0.348 e. The van der Waals surface area contributed by atoms with Crippen LogP contribution < -0.4 is 16.2 Å². The fourth-order valence-electron chi connectivity index (χ4n) is 2.88. The topological polar surface area (TPSA) is 80.2 Å². The zero-order valence-electron chi connectivity index (χ0n) is 18.2. The Balaban J connectivity index is 1.75. The third kappa shape index (κ3) is 5.48. The minimum Gasteiger partial charge on any atom is -0.348 e. The van der Waals surface area contributed by atoms with Crippen LogP contribution in [0.2, 0.25) is 0 Å². The second-order valence-corrected chi connectivity index (χ2v) is 8.52. The van der Waals surface area contributed by atoms with Gasteiger partial charge in [0, 0.05) is 29.5 Å². The maximum absolute atomic E-state index is 12.9. The van der Waals surface area contributed by atoms with Crippen molar-refractivity contribution in [1.29, 1.82) is 0 Å². The van der Waals surface area contributed by atoms with E-state index in [2.05, 4.69) is 10.6 Å². The first-order valence-corrected chi connectivity index (χ1v) is 10.1. The molecule has 3 rings (SSSR count). The van der Waals surface area contributed by atoms with Crippen LogP contribution in [0.4, 0.5) is 5.69 Å². The average molecular weight is 418 g/mol. The summed E-state index contributed by atoms with van der Waals surface area (Å²) in [4.78, 5) is 37.6. The molecule has 0 saturated heterocycles. The van der Waals surface area contributed by atoms with Crippen LogP contribution in [0.25, 0.3) is 5.69 Å². The zero-order valence-corrected chi connectivity index (χ0v) is 18.2. The monoisotopic (exact) mass is 417 g/mol. The Morgan fingerprint density at radius 3 is 2.19 bits per heavy atom. The number of aryl methyl sites for hydroxylation is 1. The number of anilines is 1. The van der Waals surface area contributed by atoms with E-state index in [1.807, 2.05) is 52.0 Å². The molecular formula is C25H27N3O3. The Bertz CT molecular complexity index is 1140. The summed E-state index contributed by atoms with van der Waals surface area (Å²) in [5.41, 5.74) is 2.51. The van der Waals surface area contributed by atoms with E-state index in [0.29, 0.717) is 17.9 Å². The number of carbonyl (C=O) groups is 2. The van der Waals surface area contributed by atoms with Gasteiger partial charge in [0.05, 0.1) is 0 Å². The smallest absolute Gasteiger partial charge is 0.267 e. The van der Waals surface area contributed by atoms with Crippen molar-refractivity contribution < 1.29 is 9.59 Å². The quantitative estimate of drug-likeness (QED) is 0.657. The van der Waals surface area contributed by atoms with Crippen molar-refractivity contribution in [2.45, 2.75) is 34.2 Å². The Kier molecular flexibility index (Phi) is 6.39. The van der Waals surface area contributed by atoms with E-state index in [4.69, 9.17) is 0 Å². The second-order valence-electron chi connectivity index (χ2n) is 8.52. The normalized spacial score (nSPS) is 11.1. The van der Waals surface area contributed by atoms with Gasteiger partial charge in [0.2, 0.25) is 5.91 Å². The Morgan fingerprint density at radius 1 is 0.935 bits per heavy atom.